The van der Waals surface area contributed by atoms with Gasteiger partial charge in [0.05, 0.1) is 0 Å². The number of rotatable bonds is 5. The van der Waals surface area contributed by atoms with Crippen LogP contribution in [-0.4, -0.2) is 16.9 Å². The van der Waals surface area contributed by atoms with Gasteiger partial charge in [0, 0.05) is 34.5 Å². The van der Waals surface area contributed by atoms with Crippen LogP contribution in [0.4, 0.5) is 5.69 Å². The number of phenols is 1. The molecule has 5 nitrogen and oxygen atoms in total. The zero-order valence-electron chi connectivity index (χ0n) is 14.7. The van der Waals surface area contributed by atoms with Crippen molar-refractivity contribution in [2.24, 2.45) is 5.92 Å². The van der Waals surface area contributed by atoms with Crippen LogP contribution in [0.2, 0.25) is 0 Å². The van der Waals surface area contributed by atoms with E-state index >= 15 is 0 Å². The smallest absolute Gasteiger partial charge is 0.255 e. The molecule has 0 aromatic heterocycles. The van der Waals surface area contributed by atoms with Gasteiger partial charge in [-0.25, -0.2) is 0 Å². The molecule has 0 unspecified atom stereocenters. The number of anilines is 1. The zero-order chi connectivity index (χ0) is 18.8. The second kappa shape index (κ2) is 7.11. The van der Waals surface area contributed by atoms with Crippen LogP contribution < -0.4 is 10.6 Å². The van der Waals surface area contributed by atoms with Crippen molar-refractivity contribution in [1.29, 1.82) is 0 Å². The van der Waals surface area contributed by atoms with Gasteiger partial charge in [0.2, 0.25) is 5.91 Å². The molecule has 1 saturated carbocycles. The average Bonchev–Trinajstić information content (AvgIpc) is 3.53. The summed E-state index contributed by atoms with van der Waals surface area (Å²) < 4.78 is 0. The van der Waals surface area contributed by atoms with E-state index in [-0.39, 0.29) is 23.5 Å². The Balaban J connectivity index is 1.45. The lowest BCUT2D eigenvalue weighted by molar-refractivity contribution is -0.122. The molecule has 1 aliphatic rings. The van der Waals surface area contributed by atoms with Crippen LogP contribution in [0.1, 0.15) is 28.8 Å². The second-order valence-electron chi connectivity index (χ2n) is 6.82. The molecule has 27 heavy (non-hydrogen) atoms. The largest absolute Gasteiger partial charge is 0.507 e. The van der Waals surface area contributed by atoms with E-state index in [4.69, 9.17) is 0 Å². The number of phenolic OH excluding ortho intramolecular Hbond substituents is 1. The Hall–Kier alpha value is -3.34. The van der Waals surface area contributed by atoms with Crippen molar-refractivity contribution in [3.63, 3.8) is 0 Å². The lowest BCUT2D eigenvalue weighted by Gasteiger charge is -2.10. The van der Waals surface area contributed by atoms with Crippen LogP contribution in [0.5, 0.6) is 5.75 Å². The molecule has 0 aliphatic heterocycles. The third kappa shape index (κ3) is 3.77. The Morgan fingerprint density at radius 2 is 1.63 bits per heavy atom. The lowest BCUT2D eigenvalue weighted by atomic mass is 10.1. The fourth-order valence-electron chi connectivity index (χ4n) is 3.05. The number of hydrogen-bond acceptors (Lipinski definition) is 3. The first-order valence-electron chi connectivity index (χ1n) is 9.00. The summed E-state index contributed by atoms with van der Waals surface area (Å²) in [7, 11) is 0. The van der Waals surface area contributed by atoms with Gasteiger partial charge in [-0.15, -0.1) is 0 Å². The number of carbonyl (C=O) groups is 2. The minimum Gasteiger partial charge on any atom is -0.507 e. The molecule has 1 aliphatic carbocycles. The molecular weight excluding hydrogens is 340 g/mol. The molecule has 0 atom stereocenters. The van der Waals surface area contributed by atoms with Crippen molar-refractivity contribution in [3.8, 4) is 5.75 Å². The predicted octanol–water partition coefficient (Wildman–Crippen LogP) is 3.82. The molecule has 5 heteroatoms. The Kier molecular flexibility index (Phi) is 4.50. The molecule has 3 N–H and O–H groups in total. The molecule has 4 rings (SSSR count). The lowest BCUT2D eigenvalue weighted by Crippen LogP contribution is -2.24. The predicted molar refractivity (Wildman–Crippen MR) is 105 cm³/mol. The summed E-state index contributed by atoms with van der Waals surface area (Å²) in [4.78, 5) is 24.3. The molecular formula is C22H20N2O3. The number of aromatic hydroxyl groups is 1. The van der Waals surface area contributed by atoms with Crippen molar-refractivity contribution in [2.45, 2.75) is 19.4 Å². The molecule has 136 valence electrons. The normalized spacial score (nSPS) is 13.3. The first-order valence-corrected chi connectivity index (χ1v) is 9.00. The van der Waals surface area contributed by atoms with Crippen molar-refractivity contribution in [1.82, 2.24) is 5.32 Å². The van der Waals surface area contributed by atoms with E-state index in [0.29, 0.717) is 23.2 Å². The molecule has 0 radical (unpaired) electrons. The third-order valence-electron chi connectivity index (χ3n) is 4.78. The van der Waals surface area contributed by atoms with Gasteiger partial charge in [-0.2, -0.15) is 0 Å². The molecule has 0 saturated heterocycles. The first-order chi connectivity index (χ1) is 13.1. The van der Waals surface area contributed by atoms with E-state index in [1.807, 2.05) is 24.3 Å². The standard InChI is InChI=1S/C22H20N2O3/c25-20-6-2-3-17-18(20)4-1-5-19(17)24-22(27)16-9-7-14(8-10-16)13-23-21(26)15-11-12-15/h1-10,15,25H,11-13H2,(H,23,26)(H,24,27). The third-order valence-corrected chi connectivity index (χ3v) is 4.78. The highest BCUT2D eigenvalue weighted by Crippen LogP contribution is 2.30. The minimum absolute atomic E-state index is 0.107. The van der Waals surface area contributed by atoms with Gasteiger partial charge in [0.25, 0.3) is 5.91 Å². The van der Waals surface area contributed by atoms with Crippen LogP contribution in [0.25, 0.3) is 10.8 Å². The van der Waals surface area contributed by atoms with E-state index < -0.39 is 0 Å². The fraction of sp³-hybridized carbons (Fsp3) is 0.182. The monoisotopic (exact) mass is 360 g/mol. The van der Waals surface area contributed by atoms with Gasteiger partial charge >= 0.3 is 0 Å². The van der Waals surface area contributed by atoms with E-state index in [1.54, 1.807) is 36.4 Å². The van der Waals surface area contributed by atoms with Crippen LogP contribution in [-0.2, 0) is 11.3 Å². The summed E-state index contributed by atoms with van der Waals surface area (Å²) in [5.74, 6) is 0.256. The molecule has 1 fully saturated rings. The molecule has 3 aromatic rings. The Labute approximate surface area is 157 Å². The summed E-state index contributed by atoms with van der Waals surface area (Å²) in [6, 6.07) is 17.8. The van der Waals surface area contributed by atoms with Gasteiger partial charge in [-0.3, -0.25) is 9.59 Å². The Morgan fingerprint density at radius 1 is 0.926 bits per heavy atom. The maximum atomic E-state index is 12.6. The minimum atomic E-state index is -0.223. The first kappa shape index (κ1) is 17.1. The van der Waals surface area contributed by atoms with Crippen molar-refractivity contribution < 1.29 is 14.7 Å². The zero-order valence-corrected chi connectivity index (χ0v) is 14.7. The second-order valence-corrected chi connectivity index (χ2v) is 6.82. The van der Waals surface area contributed by atoms with Crippen molar-refractivity contribution in [3.05, 3.63) is 71.8 Å². The van der Waals surface area contributed by atoms with E-state index in [9.17, 15) is 14.7 Å². The van der Waals surface area contributed by atoms with Crippen LogP contribution in [0.3, 0.4) is 0 Å². The summed E-state index contributed by atoms with van der Waals surface area (Å²) >= 11 is 0. The molecule has 0 heterocycles. The maximum Gasteiger partial charge on any atom is 0.255 e. The Morgan fingerprint density at radius 3 is 2.37 bits per heavy atom. The SMILES string of the molecule is O=C(Nc1cccc2c(O)cccc12)c1ccc(CNC(=O)C2CC2)cc1. The molecule has 0 bridgehead atoms. The summed E-state index contributed by atoms with van der Waals surface area (Å²) in [6.07, 6.45) is 1.97. The van der Waals surface area contributed by atoms with Gasteiger partial charge in [-0.05, 0) is 42.7 Å². The Bertz CT molecular complexity index is 1010. The summed E-state index contributed by atoms with van der Waals surface area (Å²) in [5.41, 5.74) is 2.13. The quantitative estimate of drug-likeness (QED) is 0.647. The van der Waals surface area contributed by atoms with Gasteiger partial charge in [-0.1, -0.05) is 36.4 Å². The van der Waals surface area contributed by atoms with Gasteiger partial charge < -0.3 is 15.7 Å². The molecule has 3 aromatic carbocycles. The number of benzene rings is 3. The summed E-state index contributed by atoms with van der Waals surface area (Å²) in [6.45, 7) is 0.472. The molecule has 0 spiro atoms. The summed E-state index contributed by atoms with van der Waals surface area (Å²) in [5, 5.41) is 17.2. The fourth-order valence-corrected chi connectivity index (χ4v) is 3.05. The number of amides is 2. The van der Waals surface area contributed by atoms with Gasteiger partial charge in [0.15, 0.2) is 0 Å². The van der Waals surface area contributed by atoms with Crippen LogP contribution >= 0.6 is 0 Å². The van der Waals surface area contributed by atoms with E-state index in [2.05, 4.69) is 10.6 Å². The van der Waals surface area contributed by atoms with E-state index in [0.717, 1.165) is 23.8 Å². The van der Waals surface area contributed by atoms with Crippen LogP contribution in [0.15, 0.2) is 60.7 Å². The van der Waals surface area contributed by atoms with E-state index in [1.165, 1.54) is 0 Å². The van der Waals surface area contributed by atoms with Crippen LogP contribution in [0, 0.1) is 5.92 Å². The topological polar surface area (TPSA) is 78.4 Å². The average molecular weight is 360 g/mol. The van der Waals surface area contributed by atoms with Crippen molar-refractivity contribution >= 4 is 28.3 Å². The van der Waals surface area contributed by atoms with Gasteiger partial charge in [0.1, 0.15) is 5.75 Å². The maximum absolute atomic E-state index is 12.6. The highest BCUT2D eigenvalue weighted by atomic mass is 16.3. The highest BCUT2D eigenvalue weighted by Gasteiger charge is 2.29. The van der Waals surface area contributed by atoms with Crippen molar-refractivity contribution in [2.75, 3.05) is 5.32 Å². The number of carbonyl (C=O) groups excluding carboxylic acids is 2. The number of hydrogen-bond donors (Lipinski definition) is 3. The number of nitrogens with one attached hydrogen (secondary N) is 2. The highest BCUT2D eigenvalue weighted by molar-refractivity contribution is 6.09. The number of fused-ring (bicyclic) bond motifs is 1. The molecule has 2 amide bonds.